The van der Waals surface area contributed by atoms with Gasteiger partial charge < -0.3 is 11.1 Å². The summed E-state index contributed by atoms with van der Waals surface area (Å²) in [6.45, 7) is 1.41. The van der Waals surface area contributed by atoms with Crippen molar-refractivity contribution < 1.29 is 22.0 Å². The summed E-state index contributed by atoms with van der Waals surface area (Å²) in [4.78, 5) is 15.1. The zero-order valence-corrected chi connectivity index (χ0v) is 14.7. The minimum atomic E-state index is -3.75. The number of hydrogen-bond donors (Lipinski definition) is 2. The molecule has 0 fully saturated rings. The number of nitrogens with one attached hydrogen (secondary N) is 1. The number of primary amides is 1. The van der Waals surface area contributed by atoms with Gasteiger partial charge in [-0.2, -0.15) is 0 Å². The number of fused-ring (bicyclic) bond motifs is 1. The van der Waals surface area contributed by atoms with Crippen LogP contribution in [0.2, 0.25) is 0 Å². The minimum Gasteiger partial charge on any atom is -0.364 e. The van der Waals surface area contributed by atoms with Gasteiger partial charge in [0, 0.05) is 11.5 Å². The molecule has 3 N–H and O–H groups in total. The number of nitrogens with zero attached hydrogens (tertiary/aromatic N) is 3. The molecule has 0 atom stereocenters. The monoisotopic (exact) mass is 393 g/mol. The Labute approximate surface area is 152 Å². The van der Waals surface area contributed by atoms with E-state index in [0.29, 0.717) is 0 Å². The van der Waals surface area contributed by atoms with Crippen molar-refractivity contribution in [1.29, 1.82) is 0 Å². The number of carbonyl (C=O) groups excluding carboxylic acids is 1. The molecule has 1 amide bonds. The SMILES string of the molecule is CCS(=O)(=O)c1cc(F)c2nnc(C(N)=O)c(Nc3cncc(F)c3)c2c1. The van der Waals surface area contributed by atoms with Crippen molar-refractivity contribution in [3.8, 4) is 0 Å². The normalized spacial score (nSPS) is 11.5. The van der Waals surface area contributed by atoms with E-state index in [2.05, 4.69) is 20.5 Å². The maximum Gasteiger partial charge on any atom is 0.271 e. The highest BCUT2D eigenvalue weighted by Crippen LogP contribution is 2.31. The maximum absolute atomic E-state index is 14.4. The Morgan fingerprint density at radius 1 is 1.19 bits per heavy atom. The molecular formula is C16H13F2N5O3S. The van der Waals surface area contributed by atoms with Crippen molar-refractivity contribution >= 4 is 38.0 Å². The largest absolute Gasteiger partial charge is 0.364 e. The quantitative estimate of drug-likeness (QED) is 0.678. The predicted octanol–water partition coefficient (Wildman–Crippen LogP) is 1.94. The Balaban J connectivity index is 2.33. The fourth-order valence-electron chi connectivity index (χ4n) is 2.41. The number of rotatable bonds is 5. The molecule has 0 radical (unpaired) electrons. The third-order valence-corrected chi connectivity index (χ3v) is 5.45. The average Bonchev–Trinajstić information content (AvgIpc) is 2.61. The second-order valence-corrected chi connectivity index (χ2v) is 7.79. The number of carbonyl (C=O) groups is 1. The van der Waals surface area contributed by atoms with Crippen LogP contribution in [0.4, 0.5) is 20.2 Å². The first-order valence-corrected chi connectivity index (χ1v) is 9.28. The van der Waals surface area contributed by atoms with E-state index in [-0.39, 0.29) is 38.6 Å². The summed E-state index contributed by atoms with van der Waals surface area (Å²) in [7, 11) is -3.75. The molecule has 0 saturated carbocycles. The van der Waals surface area contributed by atoms with Crippen LogP contribution in [-0.4, -0.2) is 35.3 Å². The van der Waals surface area contributed by atoms with Gasteiger partial charge in [-0.25, -0.2) is 17.2 Å². The molecule has 0 spiro atoms. The molecule has 2 heterocycles. The predicted molar refractivity (Wildman–Crippen MR) is 93.2 cm³/mol. The van der Waals surface area contributed by atoms with E-state index in [1.165, 1.54) is 13.1 Å². The Morgan fingerprint density at radius 3 is 2.56 bits per heavy atom. The lowest BCUT2D eigenvalue weighted by Gasteiger charge is -2.13. The summed E-state index contributed by atoms with van der Waals surface area (Å²) in [5, 5.41) is 9.88. The van der Waals surface area contributed by atoms with Gasteiger partial charge >= 0.3 is 0 Å². The van der Waals surface area contributed by atoms with Crippen molar-refractivity contribution in [3.05, 3.63) is 47.9 Å². The summed E-state index contributed by atoms with van der Waals surface area (Å²) in [5.41, 5.74) is 4.67. The zero-order valence-electron chi connectivity index (χ0n) is 13.9. The summed E-state index contributed by atoms with van der Waals surface area (Å²) in [6.07, 6.45) is 2.22. The molecule has 8 nitrogen and oxygen atoms in total. The number of amides is 1. The van der Waals surface area contributed by atoms with Crippen molar-refractivity contribution in [2.24, 2.45) is 5.73 Å². The lowest BCUT2D eigenvalue weighted by molar-refractivity contribution is 0.0995. The fraction of sp³-hybridized carbons (Fsp3) is 0.125. The lowest BCUT2D eigenvalue weighted by Crippen LogP contribution is -2.17. The second-order valence-electron chi connectivity index (χ2n) is 5.51. The zero-order chi connectivity index (χ0) is 19.8. The van der Waals surface area contributed by atoms with Crippen molar-refractivity contribution in [1.82, 2.24) is 15.2 Å². The number of hydrogen-bond acceptors (Lipinski definition) is 7. The summed E-state index contributed by atoms with van der Waals surface area (Å²) < 4.78 is 52.2. The minimum absolute atomic E-state index is 0.0462. The smallest absolute Gasteiger partial charge is 0.271 e. The van der Waals surface area contributed by atoms with Gasteiger partial charge in [0.2, 0.25) is 0 Å². The number of benzene rings is 1. The number of pyridine rings is 1. The van der Waals surface area contributed by atoms with E-state index in [4.69, 9.17) is 5.73 Å². The highest BCUT2D eigenvalue weighted by molar-refractivity contribution is 7.91. The Hall–Kier alpha value is -3.21. The Bertz CT molecular complexity index is 1170. The van der Waals surface area contributed by atoms with Gasteiger partial charge in [-0.3, -0.25) is 9.78 Å². The van der Waals surface area contributed by atoms with Gasteiger partial charge in [-0.1, -0.05) is 6.92 Å². The molecule has 11 heteroatoms. The third kappa shape index (κ3) is 3.53. The number of anilines is 2. The molecule has 0 unspecified atom stereocenters. The van der Waals surface area contributed by atoms with Crippen molar-refractivity contribution in [2.45, 2.75) is 11.8 Å². The highest BCUT2D eigenvalue weighted by Gasteiger charge is 2.22. The maximum atomic E-state index is 14.4. The molecule has 1 aromatic carbocycles. The van der Waals surface area contributed by atoms with Crippen LogP contribution in [0, 0.1) is 11.6 Å². The fourth-order valence-corrected chi connectivity index (χ4v) is 3.33. The standard InChI is InChI=1S/C16H13F2N5O3S/c1-2-27(25,26)10-4-11-13(12(18)5-10)22-23-15(16(19)24)14(11)21-9-3-8(17)6-20-7-9/h3-7H,2H2,1H3,(H2,19,24)(H,21,22). The molecule has 0 aliphatic carbocycles. The summed E-state index contributed by atoms with van der Waals surface area (Å²) >= 11 is 0. The second kappa shape index (κ2) is 6.83. The van der Waals surface area contributed by atoms with Gasteiger partial charge in [0.05, 0.1) is 34.4 Å². The van der Waals surface area contributed by atoms with Gasteiger partial charge in [-0.05, 0) is 12.1 Å². The number of sulfone groups is 1. The first-order valence-electron chi connectivity index (χ1n) is 7.63. The van der Waals surface area contributed by atoms with Gasteiger partial charge in [0.25, 0.3) is 5.91 Å². The average molecular weight is 393 g/mol. The van der Waals surface area contributed by atoms with Gasteiger partial charge in [0.1, 0.15) is 11.3 Å². The Kier molecular flexibility index (Phi) is 4.70. The number of aromatic nitrogens is 3. The van der Waals surface area contributed by atoms with Crippen LogP contribution in [0.5, 0.6) is 0 Å². The molecule has 2 aromatic heterocycles. The van der Waals surface area contributed by atoms with E-state index >= 15 is 0 Å². The summed E-state index contributed by atoms with van der Waals surface area (Å²) in [6, 6.07) is 3.06. The van der Waals surface area contributed by atoms with E-state index in [1.807, 2.05) is 0 Å². The third-order valence-electron chi connectivity index (χ3n) is 3.74. The highest BCUT2D eigenvalue weighted by atomic mass is 32.2. The molecule has 0 saturated heterocycles. The molecule has 0 bridgehead atoms. The van der Waals surface area contributed by atoms with Crippen LogP contribution in [-0.2, 0) is 9.84 Å². The lowest BCUT2D eigenvalue weighted by atomic mass is 10.1. The number of halogens is 2. The van der Waals surface area contributed by atoms with Crippen molar-refractivity contribution in [3.63, 3.8) is 0 Å². The van der Waals surface area contributed by atoms with E-state index in [9.17, 15) is 22.0 Å². The molecule has 0 aliphatic heterocycles. The van der Waals surface area contributed by atoms with Gasteiger partial charge in [-0.15, -0.1) is 10.2 Å². The van der Waals surface area contributed by atoms with E-state index in [0.717, 1.165) is 24.4 Å². The first-order chi connectivity index (χ1) is 12.7. The van der Waals surface area contributed by atoms with Crippen LogP contribution in [0.25, 0.3) is 10.9 Å². The Morgan fingerprint density at radius 2 is 1.93 bits per heavy atom. The van der Waals surface area contributed by atoms with Crippen molar-refractivity contribution in [2.75, 3.05) is 11.1 Å². The van der Waals surface area contributed by atoms with E-state index < -0.39 is 27.4 Å². The number of nitrogens with two attached hydrogens (primary N) is 1. The van der Waals surface area contributed by atoms with E-state index in [1.54, 1.807) is 0 Å². The van der Waals surface area contributed by atoms with Crippen LogP contribution < -0.4 is 11.1 Å². The van der Waals surface area contributed by atoms with Gasteiger partial charge in [0.15, 0.2) is 21.3 Å². The molecule has 140 valence electrons. The van der Waals surface area contributed by atoms with Crippen LogP contribution in [0.15, 0.2) is 35.5 Å². The van der Waals surface area contributed by atoms with Crippen LogP contribution >= 0.6 is 0 Å². The topological polar surface area (TPSA) is 128 Å². The molecule has 27 heavy (non-hydrogen) atoms. The molecule has 3 rings (SSSR count). The molecular weight excluding hydrogens is 380 g/mol. The van der Waals surface area contributed by atoms with Crippen LogP contribution in [0.3, 0.4) is 0 Å². The summed E-state index contributed by atoms with van der Waals surface area (Å²) in [5.74, 6) is -2.84. The van der Waals surface area contributed by atoms with Crippen LogP contribution in [0.1, 0.15) is 17.4 Å². The molecule has 0 aliphatic rings. The molecule has 3 aromatic rings. The first kappa shape index (κ1) is 18.6.